The second-order valence-corrected chi connectivity index (χ2v) is 8.73. The highest BCUT2D eigenvalue weighted by atomic mass is 32.1. The molecule has 138 valence electrons. The fourth-order valence-electron chi connectivity index (χ4n) is 4.91. The molecule has 0 saturated heterocycles. The topological polar surface area (TPSA) is 25.2 Å². The van der Waals surface area contributed by atoms with Gasteiger partial charge in [-0.1, -0.05) is 24.3 Å². The van der Waals surface area contributed by atoms with Crippen molar-refractivity contribution in [2.45, 2.75) is 45.2 Å². The van der Waals surface area contributed by atoms with Crippen LogP contribution in [0.1, 0.15) is 47.9 Å². The Hall–Kier alpha value is -2.33. The van der Waals surface area contributed by atoms with Crippen molar-refractivity contribution in [1.82, 2.24) is 9.47 Å². The number of hydrogen-bond donors (Lipinski definition) is 0. The first-order chi connectivity index (χ1) is 13.2. The normalized spacial score (nSPS) is 20.0. The summed E-state index contributed by atoms with van der Waals surface area (Å²) in [4.78, 5) is 16.8. The molecular weight excluding hydrogens is 352 g/mol. The monoisotopic (exact) mass is 376 g/mol. The molecular formula is C23H24N2OS. The molecule has 0 unspecified atom stereocenters. The van der Waals surface area contributed by atoms with Gasteiger partial charge in [-0.3, -0.25) is 4.79 Å². The SMILES string of the molecule is Cc1c([C@@H]2C3=C(CCCC3)C(=O)N2Cc2cccs2)c2ccccc2n1C. The molecule has 0 saturated carbocycles. The molecule has 0 bridgehead atoms. The number of thiophene rings is 1. The number of amides is 1. The van der Waals surface area contributed by atoms with Gasteiger partial charge >= 0.3 is 0 Å². The molecule has 0 fully saturated rings. The van der Waals surface area contributed by atoms with Crippen LogP contribution in [-0.2, 0) is 18.4 Å². The van der Waals surface area contributed by atoms with Crippen molar-refractivity contribution in [1.29, 1.82) is 0 Å². The third-order valence-corrected chi connectivity index (χ3v) is 7.16. The van der Waals surface area contributed by atoms with Gasteiger partial charge in [0.2, 0.25) is 0 Å². The van der Waals surface area contributed by atoms with Crippen LogP contribution >= 0.6 is 11.3 Å². The highest BCUT2D eigenvalue weighted by Gasteiger charge is 2.42. The van der Waals surface area contributed by atoms with E-state index in [1.165, 1.54) is 39.0 Å². The van der Waals surface area contributed by atoms with E-state index in [1.807, 2.05) is 0 Å². The Balaban J connectivity index is 1.70. The Morgan fingerprint density at radius 1 is 1.11 bits per heavy atom. The fourth-order valence-corrected chi connectivity index (χ4v) is 5.61. The van der Waals surface area contributed by atoms with Crippen molar-refractivity contribution >= 4 is 28.1 Å². The van der Waals surface area contributed by atoms with Crippen LogP contribution in [0, 0.1) is 6.92 Å². The number of benzene rings is 1. The van der Waals surface area contributed by atoms with Crippen molar-refractivity contribution in [2.75, 3.05) is 0 Å². The van der Waals surface area contributed by atoms with Crippen LogP contribution in [0.25, 0.3) is 10.9 Å². The molecule has 3 nitrogen and oxygen atoms in total. The molecule has 1 amide bonds. The number of nitrogens with zero attached hydrogens (tertiary/aromatic N) is 2. The molecule has 3 heterocycles. The Kier molecular flexibility index (Phi) is 3.97. The largest absolute Gasteiger partial charge is 0.348 e. The van der Waals surface area contributed by atoms with E-state index < -0.39 is 0 Å². The summed E-state index contributed by atoms with van der Waals surface area (Å²) in [6, 6.07) is 12.9. The summed E-state index contributed by atoms with van der Waals surface area (Å²) in [5.41, 5.74) is 6.31. The molecule has 4 heteroatoms. The van der Waals surface area contributed by atoms with Crippen molar-refractivity contribution in [2.24, 2.45) is 7.05 Å². The molecule has 1 atom stereocenters. The van der Waals surface area contributed by atoms with E-state index in [0.717, 1.165) is 24.8 Å². The molecule has 3 aromatic rings. The number of carbonyl (C=O) groups excluding carboxylic acids is 1. The predicted octanol–water partition coefficient (Wildman–Crippen LogP) is 5.50. The maximum Gasteiger partial charge on any atom is 0.250 e. The fraction of sp³-hybridized carbons (Fsp3) is 0.348. The molecule has 0 radical (unpaired) electrons. The minimum atomic E-state index is 0.0843. The van der Waals surface area contributed by atoms with E-state index in [4.69, 9.17) is 0 Å². The van der Waals surface area contributed by atoms with Gasteiger partial charge in [0.05, 0.1) is 12.6 Å². The molecule has 5 rings (SSSR count). The van der Waals surface area contributed by atoms with Crippen LogP contribution in [0.2, 0.25) is 0 Å². The number of rotatable bonds is 3. The lowest BCUT2D eigenvalue weighted by molar-refractivity contribution is -0.127. The summed E-state index contributed by atoms with van der Waals surface area (Å²) in [7, 11) is 2.14. The number of para-hydroxylation sites is 1. The van der Waals surface area contributed by atoms with Crippen molar-refractivity contribution < 1.29 is 4.79 Å². The quantitative estimate of drug-likeness (QED) is 0.592. The minimum Gasteiger partial charge on any atom is -0.348 e. The second-order valence-electron chi connectivity index (χ2n) is 7.70. The van der Waals surface area contributed by atoms with E-state index in [9.17, 15) is 4.79 Å². The second kappa shape index (κ2) is 6.38. The molecule has 2 aromatic heterocycles. The Morgan fingerprint density at radius 2 is 1.93 bits per heavy atom. The lowest BCUT2D eigenvalue weighted by atomic mass is 9.87. The number of carbonyl (C=O) groups is 1. The van der Waals surface area contributed by atoms with Gasteiger partial charge in [-0.2, -0.15) is 0 Å². The smallest absolute Gasteiger partial charge is 0.250 e. The van der Waals surface area contributed by atoms with E-state index >= 15 is 0 Å². The highest BCUT2D eigenvalue weighted by Crippen LogP contribution is 2.48. The highest BCUT2D eigenvalue weighted by molar-refractivity contribution is 7.09. The standard InChI is InChI=1S/C23H24N2OS/c1-15-21(19-11-5-6-12-20(19)24(15)2)22-17-9-3-4-10-18(17)23(26)25(22)14-16-8-7-13-27-16/h5-8,11-13,22H,3-4,9-10,14H2,1-2H3/t22-/m0/s1. The first-order valence-electron chi connectivity index (χ1n) is 9.76. The van der Waals surface area contributed by atoms with E-state index in [2.05, 4.69) is 65.2 Å². The van der Waals surface area contributed by atoms with Gasteiger partial charge in [-0.15, -0.1) is 11.3 Å². The third-order valence-electron chi connectivity index (χ3n) is 6.30. The van der Waals surface area contributed by atoms with Crippen molar-refractivity contribution in [3.05, 3.63) is 69.1 Å². The van der Waals surface area contributed by atoms with Gasteiger partial charge in [0.15, 0.2) is 0 Å². The minimum absolute atomic E-state index is 0.0843. The van der Waals surface area contributed by atoms with Crippen LogP contribution in [0.4, 0.5) is 0 Å². The van der Waals surface area contributed by atoms with Gasteiger partial charge in [0, 0.05) is 39.7 Å². The number of hydrogen-bond acceptors (Lipinski definition) is 2. The van der Waals surface area contributed by atoms with Gasteiger partial charge in [-0.25, -0.2) is 0 Å². The molecule has 2 aliphatic rings. The van der Waals surface area contributed by atoms with Crippen LogP contribution in [0.5, 0.6) is 0 Å². The summed E-state index contributed by atoms with van der Waals surface area (Å²) in [6.45, 7) is 2.90. The summed E-state index contributed by atoms with van der Waals surface area (Å²) in [5.74, 6) is 0.260. The molecule has 27 heavy (non-hydrogen) atoms. The van der Waals surface area contributed by atoms with E-state index in [0.29, 0.717) is 6.54 Å². The van der Waals surface area contributed by atoms with Crippen LogP contribution in [0.3, 0.4) is 0 Å². The van der Waals surface area contributed by atoms with Gasteiger partial charge in [0.25, 0.3) is 5.91 Å². The summed E-state index contributed by atoms with van der Waals surface area (Å²) in [6.07, 6.45) is 4.32. The van der Waals surface area contributed by atoms with Crippen LogP contribution < -0.4 is 0 Å². The zero-order chi connectivity index (χ0) is 18.5. The molecule has 0 N–H and O–H groups in total. The Morgan fingerprint density at radius 3 is 2.74 bits per heavy atom. The van der Waals surface area contributed by atoms with E-state index in [-0.39, 0.29) is 11.9 Å². The maximum atomic E-state index is 13.4. The Labute approximate surface area is 163 Å². The average Bonchev–Trinajstić information content (AvgIpc) is 3.36. The number of aryl methyl sites for hydroxylation is 1. The lowest BCUT2D eigenvalue weighted by Gasteiger charge is -2.28. The average molecular weight is 377 g/mol. The van der Waals surface area contributed by atoms with Crippen molar-refractivity contribution in [3.63, 3.8) is 0 Å². The van der Waals surface area contributed by atoms with Gasteiger partial charge < -0.3 is 9.47 Å². The van der Waals surface area contributed by atoms with Crippen LogP contribution in [-0.4, -0.2) is 15.4 Å². The molecule has 0 spiro atoms. The first kappa shape index (κ1) is 16.8. The Bertz CT molecular complexity index is 1060. The van der Waals surface area contributed by atoms with Crippen LogP contribution in [0.15, 0.2) is 52.9 Å². The summed E-state index contributed by atoms with van der Waals surface area (Å²) >= 11 is 1.74. The molecule has 1 aliphatic heterocycles. The summed E-state index contributed by atoms with van der Waals surface area (Å²) < 4.78 is 2.28. The van der Waals surface area contributed by atoms with Crippen molar-refractivity contribution in [3.8, 4) is 0 Å². The third kappa shape index (κ3) is 2.50. The van der Waals surface area contributed by atoms with E-state index in [1.54, 1.807) is 11.3 Å². The number of aromatic nitrogens is 1. The predicted molar refractivity (Wildman–Crippen MR) is 111 cm³/mol. The van der Waals surface area contributed by atoms with Gasteiger partial charge in [-0.05, 0) is 55.7 Å². The molecule has 1 aromatic carbocycles. The number of fused-ring (bicyclic) bond motifs is 1. The molecule has 1 aliphatic carbocycles. The zero-order valence-corrected chi connectivity index (χ0v) is 16.7. The van der Waals surface area contributed by atoms with Gasteiger partial charge in [0.1, 0.15) is 0 Å². The maximum absolute atomic E-state index is 13.4. The zero-order valence-electron chi connectivity index (χ0n) is 15.9. The summed E-state index contributed by atoms with van der Waals surface area (Å²) in [5, 5.41) is 3.38. The lowest BCUT2D eigenvalue weighted by Crippen LogP contribution is -2.29. The first-order valence-corrected chi connectivity index (χ1v) is 10.6.